The van der Waals surface area contributed by atoms with Crippen LogP contribution in [0.5, 0.6) is 0 Å². The molecule has 1 aromatic carbocycles. The van der Waals surface area contributed by atoms with Crippen molar-refractivity contribution in [3.8, 4) is 0 Å². The average molecular weight is 309 g/mol. The van der Waals surface area contributed by atoms with E-state index in [1.165, 1.54) is 17.4 Å². The maximum absolute atomic E-state index is 13.7. The van der Waals surface area contributed by atoms with Crippen LogP contribution in [0.2, 0.25) is 0 Å². The highest BCUT2D eigenvalue weighted by molar-refractivity contribution is 7.20. The van der Waals surface area contributed by atoms with Crippen LogP contribution in [0.15, 0.2) is 24.3 Å². The molecule has 0 atom stereocenters. The maximum Gasteiger partial charge on any atom is 0.264 e. The van der Waals surface area contributed by atoms with E-state index >= 15 is 0 Å². The molecule has 0 saturated heterocycles. The van der Waals surface area contributed by atoms with Gasteiger partial charge in [0.2, 0.25) is 0 Å². The Morgan fingerprint density at radius 3 is 2.81 bits per heavy atom. The zero-order valence-electron chi connectivity index (χ0n) is 12.6. The number of halogens is 1. The molecule has 0 unspecified atom stereocenters. The molecular formula is C16H20FNO2S. The first kappa shape index (κ1) is 15.9. The molecule has 0 bridgehead atoms. The number of methoxy groups -OCH3 is 1. The zero-order valence-corrected chi connectivity index (χ0v) is 13.4. The molecule has 1 amide bonds. The fourth-order valence-corrected chi connectivity index (χ4v) is 3.25. The molecule has 2 aromatic rings. The van der Waals surface area contributed by atoms with Crippen molar-refractivity contribution < 1.29 is 13.9 Å². The first-order valence-corrected chi connectivity index (χ1v) is 7.81. The smallest absolute Gasteiger partial charge is 0.264 e. The second-order valence-corrected chi connectivity index (χ2v) is 6.48. The Morgan fingerprint density at radius 1 is 1.43 bits per heavy atom. The summed E-state index contributed by atoms with van der Waals surface area (Å²) in [5.41, 5.74) is 0. The Balaban J connectivity index is 2.27. The van der Waals surface area contributed by atoms with Crippen molar-refractivity contribution in [2.24, 2.45) is 5.92 Å². The highest BCUT2D eigenvalue weighted by atomic mass is 32.1. The third-order valence-corrected chi connectivity index (χ3v) is 4.25. The molecule has 0 radical (unpaired) electrons. The summed E-state index contributed by atoms with van der Waals surface area (Å²) in [5, 5.41) is 0.516. The second-order valence-electron chi connectivity index (χ2n) is 5.40. The summed E-state index contributed by atoms with van der Waals surface area (Å²) in [7, 11) is 1.62. The first-order chi connectivity index (χ1) is 10.0. The third kappa shape index (κ3) is 3.80. The summed E-state index contributed by atoms with van der Waals surface area (Å²) in [6.45, 7) is 5.84. The Hall–Kier alpha value is -1.46. The quantitative estimate of drug-likeness (QED) is 0.812. The SMILES string of the molecule is COCCN(CC(C)C)C(=O)c1cc2c(F)cccc2s1. The summed E-state index contributed by atoms with van der Waals surface area (Å²) in [6, 6.07) is 6.57. The van der Waals surface area contributed by atoms with E-state index in [2.05, 4.69) is 13.8 Å². The van der Waals surface area contributed by atoms with Crippen molar-refractivity contribution in [3.63, 3.8) is 0 Å². The standard InChI is InChI=1S/C16H20FNO2S/c1-11(2)10-18(7-8-20-3)16(19)15-9-12-13(17)5-4-6-14(12)21-15/h4-6,9,11H,7-8,10H2,1-3H3. The predicted octanol–water partition coefficient (Wildman–Crippen LogP) is 3.79. The van der Waals surface area contributed by atoms with Gasteiger partial charge in [-0.1, -0.05) is 19.9 Å². The first-order valence-electron chi connectivity index (χ1n) is 6.99. The minimum absolute atomic E-state index is 0.0543. The van der Waals surface area contributed by atoms with Gasteiger partial charge in [-0.2, -0.15) is 0 Å². The summed E-state index contributed by atoms with van der Waals surface area (Å²) >= 11 is 1.34. The Labute approximate surface area is 128 Å². The van der Waals surface area contributed by atoms with E-state index in [0.29, 0.717) is 35.9 Å². The number of nitrogens with zero attached hydrogens (tertiary/aromatic N) is 1. The van der Waals surface area contributed by atoms with Crippen molar-refractivity contribution in [2.45, 2.75) is 13.8 Å². The van der Waals surface area contributed by atoms with Crippen LogP contribution in [0.25, 0.3) is 10.1 Å². The fourth-order valence-electron chi connectivity index (χ4n) is 2.20. The van der Waals surface area contributed by atoms with Crippen LogP contribution >= 0.6 is 11.3 Å². The van der Waals surface area contributed by atoms with Gasteiger partial charge in [-0.25, -0.2) is 4.39 Å². The van der Waals surface area contributed by atoms with Gasteiger partial charge in [-0.15, -0.1) is 11.3 Å². The molecule has 1 heterocycles. The van der Waals surface area contributed by atoms with Crippen molar-refractivity contribution >= 4 is 27.3 Å². The molecule has 0 spiro atoms. The number of carbonyl (C=O) groups is 1. The zero-order chi connectivity index (χ0) is 15.4. The molecule has 3 nitrogen and oxygen atoms in total. The summed E-state index contributed by atoms with van der Waals surface area (Å²) in [4.78, 5) is 15.0. The van der Waals surface area contributed by atoms with E-state index in [1.807, 2.05) is 6.07 Å². The summed E-state index contributed by atoms with van der Waals surface area (Å²) in [5.74, 6) is 0.0355. The Morgan fingerprint density at radius 2 is 2.19 bits per heavy atom. The van der Waals surface area contributed by atoms with Crippen molar-refractivity contribution in [1.82, 2.24) is 4.90 Å². The second kappa shape index (κ2) is 7.00. The number of thiophene rings is 1. The highest BCUT2D eigenvalue weighted by Crippen LogP contribution is 2.28. The molecular weight excluding hydrogens is 289 g/mol. The molecule has 0 N–H and O–H groups in total. The van der Waals surface area contributed by atoms with Crippen LogP contribution in [-0.2, 0) is 4.74 Å². The predicted molar refractivity (Wildman–Crippen MR) is 84.4 cm³/mol. The van der Waals surface area contributed by atoms with E-state index in [4.69, 9.17) is 4.74 Å². The molecule has 1 aromatic heterocycles. The van der Waals surface area contributed by atoms with E-state index in [1.54, 1.807) is 24.1 Å². The summed E-state index contributed by atoms with van der Waals surface area (Å²) in [6.07, 6.45) is 0. The number of amides is 1. The number of ether oxygens (including phenoxy) is 1. The van der Waals surface area contributed by atoms with Gasteiger partial charge in [0.1, 0.15) is 5.82 Å². The van der Waals surface area contributed by atoms with Gasteiger partial charge in [0.05, 0.1) is 11.5 Å². The topological polar surface area (TPSA) is 29.5 Å². The monoisotopic (exact) mass is 309 g/mol. The highest BCUT2D eigenvalue weighted by Gasteiger charge is 2.19. The van der Waals surface area contributed by atoms with E-state index in [9.17, 15) is 9.18 Å². The van der Waals surface area contributed by atoms with Gasteiger partial charge in [-0.3, -0.25) is 4.79 Å². The van der Waals surface area contributed by atoms with E-state index in [-0.39, 0.29) is 11.7 Å². The van der Waals surface area contributed by atoms with Crippen molar-refractivity contribution in [1.29, 1.82) is 0 Å². The Bertz CT molecular complexity index is 624. The normalized spacial score (nSPS) is 11.3. The van der Waals surface area contributed by atoms with Crippen LogP contribution < -0.4 is 0 Å². The lowest BCUT2D eigenvalue weighted by atomic mass is 10.2. The molecule has 2 rings (SSSR count). The number of hydrogen-bond donors (Lipinski definition) is 0. The molecule has 0 saturated carbocycles. The lowest BCUT2D eigenvalue weighted by Crippen LogP contribution is -2.36. The molecule has 0 fully saturated rings. The van der Waals surface area contributed by atoms with Gasteiger partial charge in [0.15, 0.2) is 0 Å². The third-order valence-electron chi connectivity index (χ3n) is 3.16. The van der Waals surface area contributed by atoms with Gasteiger partial charge < -0.3 is 9.64 Å². The number of rotatable bonds is 6. The molecule has 21 heavy (non-hydrogen) atoms. The minimum atomic E-state index is -0.282. The van der Waals surface area contributed by atoms with Crippen molar-refractivity contribution in [2.75, 3.05) is 26.8 Å². The molecule has 5 heteroatoms. The number of benzene rings is 1. The number of hydrogen-bond acceptors (Lipinski definition) is 3. The van der Waals surface area contributed by atoms with Gasteiger partial charge >= 0.3 is 0 Å². The lowest BCUT2D eigenvalue weighted by molar-refractivity contribution is 0.0677. The number of fused-ring (bicyclic) bond motifs is 1. The maximum atomic E-state index is 13.7. The fraction of sp³-hybridized carbons (Fsp3) is 0.438. The van der Waals surface area contributed by atoms with Crippen LogP contribution in [0, 0.1) is 11.7 Å². The van der Waals surface area contributed by atoms with Crippen LogP contribution in [0.3, 0.4) is 0 Å². The largest absolute Gasteiger partial charge is 0.383 e. The number of carbonyl (C=O) groups excluding carboxylic acids is 1. The van der Waals surface area contributed by atoms with E-state index < -0.39 is 0 Å². The molecule has 0 aliphatic heterocycles. The minimum Gasteiger partial charge on any atom is -0.383 e. The van der Waals surface area contributed by atoms with Gasteiger partial charge in [0.25, 0.3) is 5.91 Å². The van der Waals surface area contributed by atoms with Crippen LogP contribution in [0.4, 0.5) is 4.39 Å². The van der Waals surface area contributed by atoms with Crippen LogP contribution in [-0.4, -0.2) is 37.6 Å². The van der Waals surface area contributed by atoms with E-state index in [0.717, 1.165) is 4.70 Å². The van der Waals surface area contributed by atoms with Gasteiger partial charge in [-0.05, 0) is 24.1 Å². The molecule has 0 aliphatic rings. The van der Waals surface area contributed by atoms with Gasteiger partial charge in [0, 0.05) is 30.3 Å². The average Bonchev–Trinajstić information content (AvgIpc) is 2.88. The molecule has 0 aliphatic carbocycles. The Kier molecular flexibility index (Phi) is 5.31. The van der Waals surface area contributed by atoms with Crippen LogP contribution in [0.1, 0.15) is 23.5 Å². The summed E-state index contributed by atoms with van der Waals surface area (Å²) < 4.78 is 19.6. The van der Waals surface area contributed by atoms with Crippen molar-refractivity contribution in [3.05, 3.63) is 35.0 Å². The lowest BCUT2D eigenvalue weighted by Gasteiger charge is -2.23. The molecule has 114 valence electrons.